The van der Waals surface area contributed by atoms with Crippen LogP contribution in [0.4, 0.5) is 5.82 Å². The topological polar surface area (TPSA) is 37.8 Å². The summed E-state index contributed by atoms with van der Waals surface area (Å²) in [6, 6.07) is 12.0. The van der Waals surface area contributed by atoms with Gasteiger partial charge in [-0.1, -0.05) is 18.2 Å². The Morgan fingerprint density at radius 2 is 1.87 bits per heavy atom. The van der Waals surface area contributed by atoms with Crippen molar-refractivity contribution in [2.45, 2.75) is 12.6 Å². The lowest BCUT2D eigenvalue weighted by Gasteiger charge is -2.39. The summed E-state index contributed by atoms with van der Waals surface area (Å²) in [4.78, 5) is 8.81. The Labute approximate surface area is 137 Å². The summed E-state index contributed by atoms with van der Waals surface area (Å²) in [7, 11) is 5.66. The van der Waals surface area contributed by atoms with Crippen LogP contribution in [0.5, 0.6) is 11.5 Å². The van der Waals surface area contributed by atoms with Crippen LogP contribution < -0.4 is 14.4 Å². The van der Waals surface area contributed by atoms with Gasteiger partial charge in [0.05, 0.1) is 7.11 Å². The highest BCUT2D eigenvalue weighted by Crippen LogP contribution is 2.29. The third kappa shape index (κ3) is 3.74. The van der Waals surface area contributed by atoms with Gasteiger partial charge in [0.25, 0.3) is 0 Å². The average Bonchev–Trinajstić information content (AvgIpc) is 2.53. The van der Waals surface area contributed by atoms with Crippen LogP contribution in [0.3, 0.4) is 0 Å². The first kappa shape index (κ1) is 15.6. The number of hydrogen-bond acceptors (Lipinski definition) is 5. The van der Waals surface area contributed by atoms with E-state index in [-0.39, 0.29) is 6.10 Å². The van der Waals surface area contributed by atoms with E-state index in [0.29, 0.717) is 0 Å². The molecule has 2 heterocycles. The van der Waals surface area contributed by atoms with Gasteiger partial charge < -0.3 is 14.4 Å². The molecule has 0 radical (unpaired) electrons. The normalized spacial score (nSPS) is 15.1. The van der Waals surface area contributed by atoms with Crippen LogP contribution in [0.25, 0.3) is 0 Å². The molecule has 0 saturated carbocycles. The molecular formula is C18H23N3O2. The molecule has 5 nitrogen and oxygen atoms in total. The predicted molar refractivity (Wildman–Crippen MR) is 91.3 cm³/mol. The van der Waals surface area contributed by atoms with Gasteiger partial charge in [0.1, 0.15) is 11.9 Å². The number of methoxy groups -OCH3 is 1. The van der Waals surface area contributed by atoms with Gasteiger partial charge in [0.2, 0.25) is 0 Å². The Morgan fingerprint density at radius 1 is 1.13 bits per heavy atom. The van der Waals surface area contributed by atoms with Crippen LogP contribution in [0.2, 0.25) is 0 Å². The summed E-state index contributed by atoms with van der Waals surface area (Å²) < 4.78 is 11.3. The molecule has 1 aliphatic rings. The molecular weight excluding hydrogens is 290 g/mol. The zero-order valence-electron chi connectivity index (χ0n) is 13.9. The molecule has 122 valence electrons. The lowest BCUT2D eigenvalue weighted by molar-refractivity contribution is 0.0131. The van der Waals surface area contributed by atoms with Crippen LogP contribution >= 0.6 is 0 Å². The highest BCUT2D eigenvalue weighted by atomic mass is 16.5. The van der Waals surface area contributed by atoms with Crippen molar-refractivity contribution < 1.29 is 9.47 Å². The molecule has 1 aromatic heterocycles. The standard InChI is InChI=1S/C18H23N3O2/c1-20(2)18-9-8-14(10-19-18)11-21-12-15(13-21)23-17-7-5-4-6-16(17)22-3/h4-10,15H,11-13H2,1-3H3. The number of para-hydroxylation sites is 2. The van der Waals surface area contributed by atoms with Gasteiger partial charge in [-0.2, -0.15) is 0 Å². The monoisotopic (exact) mass is 313 g/mol. The van der Waals surface area contributed by atoms with Crippen molar-refractivity contribution in [1.82, 2.24) is 9.88 Å². The fourth-order valence-corrected chi connectivity index (χ4v) is 2.65. The van der Waals surface area contributed by atoms with Gasteiger partial charge >= 0.3 is 0 Å². The predicted octanol–water partition coefficient (Wildman–Crippen LogP) is 2.42. The molecule has 0 spiro atoms. The highest BCUT2D eigenvalue weighted by Gasteiger charge is 2.29. The third-order valence-electron chi connectivity index (χ3n) is 3.96. The van der Waals surface area contributed by atoms with E-state index in [2.05, 4.69) is 22.0 Å². The molecule has 3 rings (SSSR count). The van der Waals surface area contributed by atoms with Gasteiger partial charge in [-0.05, 0) is 23.8 Å². The number of rotatable bonds is 6. The van der Waals surface area contributed by atoms with E-state index < -0.39 is 0 Å². The van der Waals surface area contributed by atoms with E-state index in [9.17, 15) is 0 Å². The van der Waals surface area contributed by atoms with Crippen molar-refractivity contribution in [2.75, 3.05) is 39.2 Å². The number of nitrogens with zero attached hydrogens (tertiary/aromatic N) is 3. The van der Waals surface area contributed by atoms with Crippen LogP contribution in [0.1, 0.15) is 5.56 Å². The Morgan fingerprint density at radius 3 is 2.48 bits per heavy atom. The molecule has 23 heavy (non-hydrogen) atoms. The number of pyridine rings is 1. The summed E-state index contributed by atoms with van der Waals surface area (Å²) in [6.45, 7) is 2.76. The minimum Gasteiger partial charge on any atom is -0.493 e. The van der Waals surface area contributed by atoms with Gasteiger partial charge in [-0.3, -0.25) is 4.90 Å². The zero-order valence-corrected chi connectivity index (χ0v) is 13.9. The number of anilines is 1. The quantitative estimate of drug-likeness (QED) is 0.819. The van der Waals surface area contributed by atoms with E-state index in [1.807, 2.05) is 49.5 Å². The average molecular weight is 313 g/mol. The summed E-state index contributed by atoms with van der Waals surface area (Å²) in [5.41, 5.74) is 1.23. The second-order valence-corrected chi connectivity index (χ2v) is 6.00. The van der Waals surface area contributed by atoms with Crippen molar-refractivity contribution >= 4 is 5.82 Å². The minimum atomic E-state index is 0.223. The molecule has 1 fully saturated rings. The van der Waals surface area contributed by atoms with Crippen LogP contribution in [-0.4, -0.2) is 50.3 Å². The van der Waals surface area contributed by atoms with Crippen molar-refractivity contribution in [3.05, 3.63) is 48.2 Å². The second-order valence-electron chi connectivity index (χ2n) is 6.00. The first-order valence-electron chi connectivity index (χ1n) is 7.80. The third-order valence-corrected chi connectivity index (χ3v) is 3.96. The number of ether oxygens (including phenoxy) is 2. The van der Waals surface area contributed by atoms with E-state index in [1.165, 1.54) is 5.56 Å². The van der Waals surface area contributed by atoms with Crippen molar-refractivity contribution in [3.63, 3.8) is 0 Å². The second kappa shape index (κ2) is 6.87. The number of likely N-dealkylation sites (tertiary alicyclic amines) is 1. The Balaban J connectivity index is 1.49. The summed E-state index contributed by atoms with van der Waals surface area (Å²) in [6.07, 6.45) is 2.17. The summed E-state index contributed by atoms with van der Waals surface area (Å²) in [5.74, 6) is 2.58. The van der Waals surface area contributed by atoms with E-state index in [0.717, 1.165) is 37.0 Å². The molecule has 0 amide bonds. The first-order chi connectivity index (χ1) is 11.2. The van der Waals surface area contributed by atoms with E-state index >= 15 is 0 Å². The largest absolute Gasteiger partial charge is 0.493 e. The molecule has 0 aliphatic carbocycles. The zero-order chi connectivity index (χ0) is 16.2. The highest BCUT2D eigenvalue weighted by molar-refractivity contribution is 5.40. The summed E-state index contributed by atoms with van der Waals surface area (Å²) >= 11 is 0. The smallest absolute Gasteiger partial charge is 0.161 e. The molecule has 0 bridgehead atoms. The van der Waals surface area contributed by atoms with Crippen molar-refractivity contribution in [1.29, 1.82) is 0 Å². The Bertz CT molecular complexity index is 637. The SMILES string of the molecule is COc1ccccc1OC1CN(Cc2ccc(N(C)C)nc2)C1. The first-order valence-corrected chi connectivity index (χ1v) is 7.80. The number of benzene rings is 1. The number of aromatic nitrogens is 1. The lowest BCUT2D eigenvalue weighted by Crippen LogP contribution is -2.53. The minimum absolute atomic E-state index is 0.223. The molecule has 0 atom stereocenters. The molecule has 5 heteroatoms. The molecule has 1 aromatic carbocycles. The molecule has 1 aliphatic heterocycles. The molecule has 2 aromatic rings. The Hall–Kier alpha value is -2.27. The molecule has 0 unspecified atom stereocenters. The van der Waals surface area contributed by atoms with Crippen molar-refractivity contribution in [2.24, 2.45) is 0 Å². The van der Waals surface area contributed by atoms with Crippen LogP contribution in [0.15, 0.2) is 42.6 Å². The summed E-state index contributed by atoms with van der Waals surface area (Å²) in [5, 5.41) is 0. The fraction of sp³-hybridized carbons (Fsp3) is 0.389. The lowest BCUT2D eigenvalue weighted by atomic mass is 10.1. The molecule has 0 N–H and O–H groups in total. The van der Waals surface area contributed by atoms with Gasteiger partial charge in [-0.15, -0.1) is 0 Å². The van der Waals surface area contributed by atoms with Crippen LogP contribution in [0, 0.1) is 0 Å². The van der Waals surface area contributed by atoms with Crippen LogP contribution in [-0.2, 0) is 6.54 Å². The number of hydrogen-bond donors (Lipinski definition) is 0. The Kier molecular flexibility index (Phi) is 4.67. The van der Waals surface area contributed by atoms with E-state index in [4.69, 9.17) is 9.47 Å². The maximum absolute atomic E-state index is 6.00. The fourth-order valence-electron chi connectivity index (χ4n) is 2.65. The van der Waals surface area contributed by atoms with E-state index in [1.54, 1.807) is 7.11 Å². The van der Waals surface area contributed by atoms with Gasteiger partial charge in [0.15, 0.2) is 11.5 Å². The molecule has 1 saturated heterocycles. The maximum atomic E-state index is 6.00. The maximum Gasteiger partial charge on any atom is 0.161 e. The van der Waals surface area contributed by atoms with Gasteiger partial charge in [0, 0.05) is 39.9 Å². The van der Waals surface area contributed by atoms with Gasteiger partial charge in [-0.25, -0.2) is 4.98 Å². The van der Waals surface area contributed by atoms with Crippen molar-refractivity contribution in [3.8, 4) is 11.5 Å².